The van der Waals surface area contributed by atoms with E-state index in [1.54, 1.807) is 18.2 Å². The fraction of sp³-hybridized carbons (Fsp3) is 0.125. The molecule has 7 rings (SSSR count). The molecule has 3 heterocycles. The first-order chi connectivity index (χ1) is 21.3. The number of halogens is 2. The molecule has 2 unspecified atom stereocenters. The topological polar surface area (TPSA) is 109 Å². The minimum Gasteiger partial charge on any atom is -0.483 e. The predicted octanol–water partition coefficient (Wildman–Crippen LogP) is 6.30. The number of H-pyrrole nitrogens is 1. The Labute approximate surface area is 266 Å². The Hall–Kier alpha value is -4.26. The van der Waals surface area contributed by atoms with E-state index in [0.717, 1.165) is 38.8 Å². The van der Waals surface area contributed by atoms with Gasteiger partial charge in [0.25, 0.3) is 5.91 Å². The first-order valence-corrected chi connectivity index (χ1v) is 16.0. The maximum atomic E-state index is 14.0. The van der Waals surface area contributed by atoms with E-state index in [1.165, 1.54) is 24.3 Å². The van der Waals surface area contributed by atoms with Crippen LogP contribution in [0.25, 0.3) is 10.8 Å². The summed E-state index contributed by atoms with van der Waals surface area (Å²) in [7, 11) is 0. The summed E-state index contributed by atoms with van der Waals surface area (Å²) >= 11 is 5.62. The number of hydrogen-bond acceptors (Lipinski definition) is 7. The molecule has 44 heavy (non-hydrogen) atoms. The quantitative estimate of drug-likeness (QED) is 0.203. The number of imide groups is 1. The van der Waals surface area contributed by atoms with Crippen molar-refractivity contribution in [2.75, 3.05) is 16.8 Å². The Balaban J connectivity index is 1.23. The Kier molecular flexibility index (Phi) is 7.35. The zero-order valence-electron chi connectivity index (χ0n) is 22.6. The number of amides is 3. The molecule has 4 aromatic carbocycles. The molecule has 1 aromatic heterocycles. The van der Waals surface area contributed by atoms with Crippen molar-refractivity contribution in [1.82, 2.24) is 4.98 Å². The van der Waals surface area contributed by atoms with E-state index in [2.05, 4.69) is 26.2 Å². The van der Waals surface area contributed by atoms with Crippen molar-refractivity contribution in [3.63, 3.8) is 0 Å². The van der Waals surface area contributed by atoms with Crippen molar-refractivity contribution >= 4 is 78.9 Å². The molecular formula is C32H21BrFN3O5S2. The number of ether oxygens (including phenoxy) is 1. The zero-order chi connectivity index (χ0) is 30.5. The summed E-state index contributed by atoms with van der Waals surface area (Å²) in [5.41, 5.74) is 1.46. The lowest BCUT2D eigenvalue weighted by molar-refractivity contribution is -0.122. The largest absolute Gasteiger partial charge is 0.483 e. The Morgan fingerprint density at radius 3 is 2.57 bits per heavy atom. The van der Waals surface area contributed by atoms with Gasteiger partial charge in [0.1, 0.15) is 16.8 Å². The van der Waals surface area contributed by atoms with Crippen LogP contribution in [0.15, 0.2) is 99.2 Å². The number of carbonyl (C=O) groups is 3. The van der Waals surface area contributed by atoms with Crippen LogP contribution in [-0.4, -0.2) is 34.6 Å². The minimum absolute atomic E-state index is 0.267. The number of anilines is 2. The molecule has 1 saturated heterocycles. The number of nitrogens with zero attached hydrogens (tertiary/aromatic N) is 1. The predicted molar refractivity (Wildman–Crippen MR) is 171 cm³/mol. The van der Waals surface area contributed by atoms with Crippen molar-refractivity contribution in [3.05, 3.63) is 115 Å². The van der Waals surface area contributed by atoms with Gasteiger partial charge >= 0.3 is 4.87 Å². The van der Waals surface area contributed by atoms with Gasteiger partial charge < -0.3 is 15.0 Å². The Bertz CT molecular complexity index is 2020. The number of rotatable bonds is 6. The van der Waals surface area contributed by atoms with Crippen LogP contribution in [0, 0.1) is 11.7 Å². The second-order valence-electron chi connectivity index (χ2n) is 10.3. The van der Waals surface area contributed by atoms with Crippen molar-refractivity contribution in [1.29, 1.82) is 0 Å². The zero-order valence-corrected chi connectivity index (χ0v) is 25.8. The van der Waals surface area contributed by atoms with Crippen LogP contribution in [0.1, 0.15) is 16.4 Å². The van der Waals surface area contributed by atoms with Crippen molar-refractivity contribution < 1.29 is 23.5 Å². The second kappa shape index (κ2) is 11.3. The standard InChI is InChI=1S/C32H21BrFN3O5S2/c33-17-8-13-23(42-15-24(38)35-22-7-3-5-16-4-1-2-6-20(16)22)21(14-17)25-26-28(43-29-27(25)44-32(41)36-29)31(40)37(30(26)39)19-11-9-18(34)10-12-19/h1-14,25-26,28H,15H2,(H,35,38)(H,36,41)/t25-,26?,28?/m1/s1. The van der Waals surface area contributed by atoms with Crippen LogP contribution in [0.3, 0.4) is 0 Å². The van der Waals surface area contributed by atoms with Crippen LogP contribution in [-0.2, 0) is 14.4 Å². The summed E-state index contributed by atoms with van der Waals surface area (Å²) in [5.74, 6) is -3.05. The number of aromatic amines is 1. The van der Waals surface area contributed by atoms with E-state index in [1.807, 2.05) is 42.5 Å². The number of thiazole rings is 1. The molecule has 3 atom stereocenters. The van der Waals surface area contributed by atoms with E-state index in [0.29, 0.717) is 31.4 Å². The molecule has 0 bridgehead atoms. The third-order valence-electron chi connectivity index (χ3n) is 7.64. The third kappa shape index (κ3) is 5.02. The molecule has 3 amide bonds. The molecule has 0 radical (unpaired) electrons. The fourth-order valence-corrected chi connectivity index (χ4v) is 8.64. The summed E-state index contributed by atoms with van der Waals surface area (Å²) in [5, 5.41) is 4.46. The third-order valence-corrected chi connectivity index (χ3v) is 10.5. The summed E-state index contributed by atoms with van der Waals surface area (Å²) < 4.78 is 20.4. The summed E-state index contributed by atoms with van der Waals surface area (Å²) in [4.78, 5) is 57.4. The lowest BCUT2D eigenvalue weighted by atomic mass is 9.82. The highest BCUT2D eigenvalue weighted by Crippen LogP contribution is 2.54. The van der Waals surface area contributed by atoms with Gasteiger partial charge in [-0.25, -0.2) is 9.29 Å². The normalized spacial score (nSPS) is 19.1. The van der Waals surface area contributed by atoms with Crippen LogP contribution in [0.2, 0.25) is 0 Å². The molecule has 2 N–H and O–H groups in total. The van der Waals surface area contributed by atoms with Crippen molar-refractivity contribution in [2.45, 2.75) is 16.2 Å². The SMILES string of the molecule is O=C(COc1ccc(Br)cc1[C@H]1c2sc(=O)[nH]c2SC2C(=O)N(c3ccc(F)cc3)C(=O)C21)Nc1cccc2ccccc12. The molecule has 0 spiro atoms. The van der Waals surface area contributed by atoms with Crippen LogP contribution in [0.5, 0.6) is 5.75 Å². The molecule has 12 heteroatoms. The number of carbonyl (C=O) groups excluding carboxylic acids is 3. The van der Waals surface area contributed by atoms with E-state index >= 15 is 0 Å². The number of aromatic nitrogens is 1. The molecule has 8 nitrogen and oxygen atoms in total. The van der Waals surface area contributed by atoms with E-state index in [-0.39, 0.29) is 23.1 Å². The highest BCUT2D eigenvalue weighted by atomic mass is 79.9. The average Bonchev–Trinajstić information content (AvgIpc) is 3.51. The van der Waals surface area contributed by atoms with Gasteiger partial charge in [-0.1, -0.05) is 75.4 Å². The van der Waals surface area contributed by atoms with Gasteiger partial charge in [-0.3, -0.25) is 19.2 Å². The minimum atomic E-state index is -0.877. The fourth-order valence-electron chi connectivity index (χ4n) is 5.75. The van der Waals surface area contributed by atoms with Gasteiger partial charge in [-0.2, -0.15) is 0 Å². The van der Waals surface area contributed by atoms with E-state index < -0.39 is 34.7 Å². The molecular weight excluding hydrogens is 669 g/mol. The number of thioether (sulfide) groups is 1. The molecule has 2 aliphatic rings. The van der Waals surface area contributed by atoms with Gasteiger partial charge in [0.05, 0.1) is 16.6 Å². The number of fused-ring (bicyclic) bond motifs is 3. The highest BCUT2D eigenvalue weighted by Gasteiger charge is 2.56. The molecule has 220 valence electrons. The van der Waals surface area contributed by atoms with Gasteiger partial charge in [-0.15, -0.1) is 0 Å². The van der Waals surface area contributed by atoms with E-state index in [4.69, 9.17) is 4.74 Å². The lowest BCUT2D eigenvalue weighted by Gasteiger charge is -2.31. The summed E-state index contributed by atoms with van der Waals surface area (Å²) in [6, 6.07) is 23.7. The summed E-state index contributed by atoms with van der Waals surface area (Å²) in [6.45, 7) is -0.321. The Morgan fingerprint density at radius 2 is 1.75 bits per heavy atom. The highest BCUT2D eigenvalue weighted by molar-refractivity contribution is 9.10. The first-order valence-electron chi connectivity index (χ1n) is 13.5. The summed E-state index contributed by atoms with van der Waals surface area (Å²) in [6.07, 6.45) is 0. The monoisotopic (exact) mass is 689 g/mol. The lowest BCUT2D eigenvalue weighted by Crippen LogP contribution is -2.32. The molecule has 0 aliphatic carbocycles. The van der Waals surface area contributed by atoms with Crippen molar-refractivity contribution in [2.24, 2.45) is 5.92 Å². The van der Waals surface area contributed by atoms with Crippen LogP contribution >= 0.6 is 39.0 Å². The van der Waals surface area contributed by atoms with Gasteiger partial charge in [0, 0.05) is 31.9 Å². The van der Waals surface area contributed by atoms with Crippen molar-refractivity contribution in [3.8, 4) is 5.75 Å². The molecule has 1 fully saturated rings. The van der Waals surface area contributed by atoms with E-state index in [9.17, 15) is 23.6 Å². The smallest absolute Gasteiger partial charge is 0.305 e. The maximum Gasteiger partial charge on any atom is 0.305 e. The van der Waals surface area contributed by atoms with Gasteiger partial charge in [0.15, 0.2) is 6.61 Å². The van der Waals surface area contributed by atoms with Gasteiger partial charge in [-0.05, 0) is 53.9 Å². The molecule has 0 saturated carbocycles. The maximum absolute atomic E-state index is 14.0. The number of nitrogens with one attached hydrogen (secondary N) is 2. The average molecular weight is 691 g/mol. The first kappa shape index (κ1) is 28.5. The molecule has 5 aromatic rings. The van der Waals surface area contributed by atoms with Crippen LogP contribution in [0.4, 0.5) is 15.8 Å². The molecule has 2 aliphatic heterocycles. The second-order valence-corrected chi connectivity index (χ2v) is 13.4. The number of benzene rings is 4. The van der Waals surface area contributed by atoms with Gasteiger partial charge in [0.2, 0.25) is 11.8 Å². The Morgan fingerprint density at radius 1 is 0.977 bits per heavy atom. The number of hydrogen-bond donors (Lipinski definition) is 2. The van der Waals surface area contributed by atoms with Crippen LogP contribution < -0.4 is 19.8 Å².